The predicted octanol–water partition coefficient (Wildman–Crippen LogP) is 1.53. The number of amides is 2. The molecule has 0 aromatic carbocycles. The van der Waals surface area contributed by atoms with Crippen LogP contribution in [0.15, 0.2) is 0 Å². The normalized spacial score (nSPS) is 24.5. The molecule has 1 heterocycles. The summed E-state index contributed by atoms with van der Waals surface area (Å²) in [5.41, 5.74) is 0. The van der Waals surface area contributed by atoms with Crippen LogP contribution in [-0.2, 0) is 4.79 Å². The van der Waals surface area contributed by atoms with Crippen LogP contribution >= 0.6 is 0 Å². The minimum Gasteiger partial charge on any atom is -0.480 e. The number of nitrogens with zero attached hydrogens (tertiary/aromatic N) is 2. The molecule has 1 aliphatic carbocycles. The first kappa shape index (κ1) is 12.2. The lowest BCUT2D eigenvalue weighted by Gasteiger charge is -2.36. The van der Waals surface area contributed by atoms with E-state index in [-0.39, 0.29) is 6.03 Å². The summed E-state index contributed by atoms with van der Waals surface area (Å²) in [5, 5.41) is 9.15. The number of likely N-dealkylation sites (tertiary alicyclic amines) is 1. The Morgan fingerprint density at radius 3 is 2.53 bits per heavy atom. The third kappa shape index (κ3) is 2.53. The molecule has 1 unspecified atom stereocenters. The van der Waals surface area contributed by atoms with Crippen LogP contribution in [0.5, 0.6) is 0 Å². The monoisotopic (exact) mass is 240 g/mol. The van der Waals surface area contributed by atoms with Crippen molar-refractivity contribution in [1.29, 1.82) is 0 Å². The number of carboxylic acid groups (broad SMARTS) is 1. The van der Waals surface area contributed by atoms with Crippen LogP contribution in [-0.4, -0.2) is 52.1 Å². The minimum absolute atomic E-state index is 0.0814. The Labute approximate surface area is 101 Å². The molecule has 2 aliphatic rings. The number of carbonyl (C=O) groups is 2. The molecule has 2 rings (SSSR count). The number of carbonyl (C=O) groups excluding carboxylic acids is 1. The molecule has 0 aromatic heterocycles. The quantitative estimate of drug-likeness (QED) is 0.813. The molecular weight excluding hydrogens is 220 g/mol. The van der Waals surface area contributed by atoms with Gasteiger partial charge in [0.1, 0.15) is 6.04 Å². The van der Waals surface area contributed by atoms with Gasteiger partial charge in [-0.15, -0.1) is 0 Å². The van der Waals surface area contributed by atoms with Crippen molar-refractivity contribution in [2.75, 3.05) is 13.1 Å². The Kier molecular flexibility index (Phi) is 3.54. The van der Waals surface area contributed by atoms with Crippen molar-refractivity contribution in [2.45, 2.75) is 51.1 Å². The summed E-state index contributed by atoms with van der Waals surface area (Å²) in [5.74, 6) is -0.870. The van der Waals surface area contributed by atoms with Gasteiger partial charge in [-0.1, -0.05) is 0 Å². The lowest BCUT2D eigenvalue weighted by Crippen LogP contribution is -2.53. The van der Waals surface area contributed by atoms with Crippen molar-refractivity contribution in [3.63, 3.8) is 0 Å². The summed E-state index contributed by atoms with van der Waals surface area (Å²) in [6.45, 7) is 3.21. The average molecular weight is 240 g/mol. The molecule has 0 aromatic rings. The Hall–Kier alpha value is -1.26. The van der Waals surface area contributed by atoms with Gasteiger partial charge in [-0.05, 0) is 39.0 Å². The molecule has 5 nitrogen and oxygen atoms in total. The predicted molar refractivity (Wildman–Crippen MR) is 62.8 cm³/mol. The topological polar surface area (TPSA) is 60.9 Å². The van der Waals surface area contributed by atoms with Crippen molar-refractivity contribution < 1.29 is 14.7 Å². The van der Waals surface area contributed by atoms with Gasteiger partial charge in [-0.25, -0.2) is 9.59 Å². The molecule has 2 fully saturated rings. The van der Waals surface area contributed by atoms with Crippen LogP contribution in [0.4, 0.5) is 4.79 Å². The minimum atomic E-state index is -0.870. The highest BCUT2D eigenvalue weighted by molar-refractivity contribution is 5.83. The molecule has 1 atom stereocenters. The van der Waals surface area contributed by atoms with E-state index >= 15 is 0 Å². The van der Waals surface area contributed by atoms with E-state index < -0.39 is 12.0 Å². The lowest BCUT2D eigenvalue weighted by molar-refractivity contribution is -0.143. The van der Waals surface area contributed by atoms with Crippen molar-refractivity contribution in [1.82, 2.24) is 9.80 Å². The smallest absolute Gasteiger partial charge is 0.326 e. The van der Waals surface area contributed by atoms with Gasteiger partial charge in [0.05, 0.1) is 0 Å². The first-order valence-electron chi connectivity index (χ1n) is 6.45. The van der Waals surface area contributed by atoms with Crippen molar-refractivity contribution in [3.8, 4) is 0 Å². The number of urea groups is 1. The van der Waals surface area contributed by atoms with Gasteiger partial charge in [0.2, 0.25) is 0 Å². The molecule has 1 saturated heterocycles. The molecule has 17 heavy (non-hydrogen) atoms. The van der Waals surface area contributed by atoms with Crippen molar-refractivity contribution in [2.24, 2.45) is 0 Å². The summed E-state index contributed by atoms with van der Waals surface area (Å²) in [6, 6.07) is -0.352. The molecule has 1 N–H and O–H groups in total. The molecule has 1 aliphatic heterocycles. The Morgan fingerprint density at radius 2 is 2.00 bits per heavy atom. The molecule has 96 valence electrons. The van der Waals surface area contributed by atoms with E-state index in [0.29, 0.717) is 25.6 Å². The Morgan fingerprint density at radius 1 is 1.29 bits per heavy atom. The van der Waals surface area contributed by atoms with Gasteiger partial charge in [0.25, 0.3) is 0 Å². The van der Waals surface area contributed by atoms with Crippen LogP contribution in [0, 0.1) is 0 Å². The van der Waals surface area contributed by atoms with E-state index in [9.17, 15) is 9.59 Å². The fourth-order valence-corrected chi connectivity index (χ4v) is 2.52. The van der Waals surface area contributed by atoms with E-state index in [1.54, 1.807) is 4.90 Å². The lowest BCUT2D eigenvalue weighted by atomic mass is 10.0. The second-order valence-corrected chi connectivity index (χ2v) is 4.84. The molecule has 0 radical (unpaired) electrons. The number of rotatable bonds is 3. The molecule has 2 amide bonds. The van der Waals surface area contributed by atoms with Gasteiger partial charge in [0, 0.05) is 19.1 Å². The molecular formula is C12H20N2O3. The summed E-state index contributed by atoms with van der Waals surface area (Å²) < 4.78 is 0. The third-order valence-electron chi connectivity index (χ3n) is 3.61. The second kappa shape index (κ2) is 4.94. The standard InChI is InChI=1S/C12H20N2O3/c1-2-13(9-6-7-9)12(17)14-8-4-3-5-10(14)11(15)16/h9-10H,2-8H2,1H3,(H,15,16). The van der Waals surface area contributed by atoms with E-state index in [2.05, 4.69) is 0 Å². The first-order valence-corrected chi connectivity index (χ1v) is 6.45. The van der Waals surface area contributed by atoms with Gasteiger partial charge in [-0.3, -0.25) is 0 Å². The van der Waals surface area contributed by atoms with Crippen LogP contribution in [0.3, 0.4) is 0 Å². The van der Waals surface area contributed by atoms with Crippen molar-refractivity contribution in [3.05, 3.63) is 0 Å². The van der Waals surface area contributed by atoms with Crippen LogP contribution in [0.2, 0.25) is 0 Å². The van der Waals surface area contributed by atoms with E-state index in [0.717, 1.165) is 25.7 Å². The van der Waals surface area contributed by atoms with Gasteiger partial charge in [-0.2, -0.15) is 0 Å². The number of piperidine rings is 1. The fourth-order valence-electron chi connectivity index (χ4n) is 2.52. The highest BCUT2D eigenvalue weighted by Gasteiger charge is 2.38. The zero-order chi connectivity index (χ0) is 12.4. The second-order valence-electron chi connectivity index (χ2n) is 4.84. The summed E-state index contributed by atoms with van der Waals surface area (Å²) >= 11 is 0. The van der Waals surface area contributed by atoms with E-state index in [1.165, 1.54) is 0 Å². The molecule has 1 saturated carbocycles. The number of carboxylic acids is 1. The van der Waals surface area contributed by atoms with Gasteiger partial charge >= 0.3 is 12.0 Å². The fraction of sp³-hybridized carbons (Fsp3) is 0.833. The maximum atomic E-state index is 12.3. The molecule has 0 spiro atoms. The third-order valence-corrected chi connectivity index (χ3v) is 3.61. The zero-order valence-electron chi connectivity index (χ0n) is 10.3. The SMILES string of the molecule is CCN(C(=O)N1CCCCC1C(=O)O)C1CC1. The highest BCUT2D eigenvalue weighted by atomic mass is 16.4. The summed E-state index contributed by atoms with van der Waals surface area (Å²) in [6.07, 6.45) is 4.52. The van der Waals surface area contributed by atoms with Gasteiger partial charge in [0.15, 0.2) is 0 Å². The van der Waals surface area contributed by atoms with Crippen LogP contribution < -0.4 is 0 Å². The summed E-state index contributed by atoms with van der Waals surface area (Å²) in [7, 11) is 0. The number of hydrogen-bond donors (Lipinski definition) is 1. The van der Waals surface area contributed by atoms with Gasteiger partial charge < -0.3 is 14.9 Å². The number of hydrogen-bond acceptors (Lipinski definition) is 2. The number of aliphatic carboxylic acids is 1. The van der Waals surface area contributed by atoms with E-state index in [1.807, 2.05) is 11.8 Å². The van der Waals surface area contributed by atoms with Crippen LogP contribution in [0.25, 0.3) is 0 Å². The first-order chi connectivity index (χ1) is 8.15. The average Bonchev–Trinajstić information content (AvgIpc) is 3.14. The maximum absolute atomic E-state index is 12.3. The molecule has 0 bridgehead atoms. The maximum Gasteiger partial charge on any atom is 0.326 e. The Balaban J connectivity index is 2.06. The van der Waals surface area contributed by atoms with E-state index in [4.69, 9.17) is 5.11 Å². The molecule has 5 heteroatoms. The van der Waals surface area contributed by atoms with Crippen molar-refractivity contribution >= 4 is 12.0 Å². The zero-order valence-corrected chi connectivity index (χ0v) is 10.3. The largest absolute Gasteiger partial charge is 0.480 e. The summed E-state index contributed by atoms with van der Waals surface area (Å²) in [4.78, 5) is 26.8. The Bertz CT molecular complexity index is 315. The van der Waals surface area contributed by atoms with Crippen LogP contribution in [0.1, 0.15) is 39.0 Å². The highest BCUT2D eigenvalue weighted by Crippen LogP contribution is 2.29.